The largest absolute Gasteiger partial charge is 0.246 e. The van der Waals surface area contributed by atoms with Gasteiger partial charge in [0.1, 0.15) is 5.82 Å². The average Bonchev–Trinajstić information content (AvgIpc) is 2.99. The molecule has 0 unspecified atom stereocenters. The molecule has 0 saturated heterocycles. The second kappa shape index (κ2) is 5.42. The number of hydrogen-bond acceptors (Lipinski definition) is 4. The first-order valence-electron chi connectivity index (χ1n) is 6.25. The van der Waals surface area contributed by atoms with Crippen molar-refractivity contribution in [1.29, 1.82) is 0 Å². The highest BCUT2D eigenvalue weighted by Crippen LogP contribution is 2.31. The quantitative estimate of drug-likeness (QED) is 0.706. The fourth-order valence-corrected chi connectivity index (χ4v) is 3.82. The van der Waals surface area contributed by atoms with E-state index in [-0.39, 0.29) is 5.82 Å². The molecular weight excluding hydrogens is 291 g/mol. The Bertz CT molecular complexity index is 729. The molecule has 0 radical (unpaired) electrons. The van der Waals surface area contributed by atoms with Gasteiger partial charge in [-0.25, -0.2) is 14.4 Å². The number of aromatic nitrogens is 2. The smallest absolute Gasteiger partial charge is 0.123 e. The van der Waals surface area contributed by atoms with Gasteiger partial charge in [-0.1, -0.05) is 12.1 Å². The van der Waals surface area contributed by atoms with E-state index in [1.54, 1.807) is 34.8 Å². The second-order valence-corrected chi connectivity index (χ2v) is 6.72. The third-order valence-electron chi connectivity index (χ3n) is 2.96. The first-order chi connectivity index (χ1) is 9.61. The molecule has 0 amide bonds. The number of hydrogen-bond donors (Lipinski definition) is 0. The van der Waals surface area contributed by atoms with Gasteiger partial charge >= 0.3 is 0 Å². The van der Waals surface area contributed by atoms with Gasteiger partial charge in [-0.3, -0.25) is 0 Å². The van der Waals surface area contributed by atoms with E-state index in [2.05, 4.69) is 15.3 Å². The highest BCUT2D eigenvalue weighted by molar-refractivity contribution is 7.15. The molecule has 0 aliphatic carbocycles. The normalized spacial score (nSPS) is 10.9. The van der Waals surface area contributed by atoms with Crippen molar-refractivity contribution in [3.8, 4) is 10.6 Å². The van der Waals surface area contributed by atoms with E-state index in [1.165, 1.54) is 12.1 Å². The first kappa shape index (κ1) is 13.4. The lowest BCUT2D eigenvalue weighted by molar-refractivity contribution is 0.627. The minimum absolute atomic E-state index is 0.204. The summed E-state index contributed by atoms with van der Waals surface area (Å²) in [5, 5.41) is 4.17. The molecule has 20 heavy (non-hydrogen) atoms. The van der Waals surface area contributed by atoms with E-state index >= 15 is 0 Å². The molecule has 3 aromatic rings. The zero-order valence-corrected chi connectivity index (χ0v) is 12.8. The van der Waals surface area contributed by atoms with Crippen molar-refractivity contribution in [2.24, 2.45) is 0 Å². The van der Waals surface area contributed by atoms with Crippen LogP contribution in [0, 0.1) is 19.7 Å². The highest BCUT2D eigenvalue weighted by Gasteiger charge is 2.11. The van der Waals surface area contributed by atoms with Crippen molar-refractivity contribution in [3.63, 3.8) is 0 Å². The maximum Gasteiger partial charge on any atom is 0.123 e. The first-order valence-corrected chi connectivity index (χ1v) is 7.94. The van der Waals surface area contributed by atoms with E-state index in [0.29, 0.717) is 0 Å². The summed E-state index contributed by atoms with van der Waals surface area (Å²) < 4.78 is 12.9. The van der Waals surface area contributed by atoms with Gasteiger partial charge in [0.25, 0.3) is 0 Å². The van der Waals surface area contributed by atoms with Crippen LogP contribution in [0.2, 0.25) is 0 Å². The van der Waals surface area contributed by atoms with Crippen LogP contribution in [0.15, 0.2) is 29.6 Å². The van der Waals surface area contributed by atoms with Gasteiger partial charge in [-0.15, -0.1) is 22.7 Å². The minimum atomic E-state index is -0.204. The zero-order valence-electron chi connectivity index (χ0n) is 11.2. The second-order valence-electron chi connectivity index (χ2n) is 4.58. The Morgan fingerprint density at radius 1 is 1.10 bits per heavy atom. The molecule has 2 heterocycles. The lowest BCUT2D eigenvalue weighted by atomic mass is 10.1. The van der Waals surface area contributed by atoms with Crippen molar-refractivity contribution < 1.29 is 4.39 Å². The summed E-state index contributed by atoms with van der Waals surface area (Å²) in [5.41, 5.74) is 3.10. The Labute approximate surface area is 125 Å². The number of nitrogens with zero attached hydrogens (tertiary/aromatic N) is 2. The summed E-state index contributed by atoms with van der Waals surface area (Å²) in [6.07, 6.45) is 0.738. The topological polar surface area (TPSA) is 25.8 Å². The molecule has 0 aliphatic rings. The third-order valence-corrected chi connectivity index (χ3v) is 4.90. The Morgan fingerprint density at radius 3 is 2.50 bits per heavy atom. The molecule has 0 spiro atoms. The monoisotopic (exact) mass is 304 g/mol. The van der Waals surface area contributed by atoms with Crippen LogP contribution < -0.4 is 0 Å². The molecule has 0 saturated carbocycles. The number of aryl methyl sites for hydroxylation is 2. The van der Waals surface area contributed by atoms with E-state index in [0.717, 1.165) is 38.3 Å². The molecule has 0 atom stereocenters. The summed E-state index contributed by atoms with van der Waals surface area (Å²) in [6.45, 7) is 4.02. The van der Waals surface area contributed by atoms with Crippen LogP contribution in [0.5, 0.6) is 0 Å². The predicted molar refractivity (Wildman–Crippen MR) is 81.9 cm³/mol. The fraction of sp³-hybridized carbons (Fsp3) is 0.200. The van der Waals surface area contributed by atoms with Crippen LogP contribution >= 0.6 is 22.7 Å². The van der Waals surface area contributed by atoms with Crippen LogP contribution in [0.3, 0.4) is 0 Å². The maximum atomic E-state index is 12.9. The van der Waals surface area contributed by atoms with Crippen LogP contribution in [-0.2, 0) is 6.42 Å². The predicted octanol–water partition coefficient (Wildman–Crippen LogP) is 4.61. The van der Waals surface area contributed by atoms with Crippen LogP contribution in [0.4, 0.5) is 4.39 Å². The molecule has 5 heteroatoms. The van der Waals surface area contributed by atoms with Crippen molar-refractivity contribution in [2.45, 2.75) is 20.3 Å². The maximum absolute atomic E-state index is 12.9. The van der Waals surface area contributed by atoms with Crippen molar-refractivity contribution in [1.82, 2.24) is 9.97 Å². The van der Waals surface area contributed by atoms with Gasteiger partial charge in [0.2, 0.25) is 0 Å². The van der Waals surface area contributed by atoms with Gasteiger partial charge < -0.3 is 0 Å². The van der Waals surface area contributed by atoms with Crippen molar-refractivity contribution in [2.75, 3.05) is 0 Å². The van der Waals surface area contributed by atoms with E-state index in [1.807, 2.05) is 13.8 Å². The SMILES string of the molecule is Cc1nc(C)c(-c2csc(Cc3ccc(F)cc3)n2)s1. The molecular formula is C15H13FN2S2. The average molecular weight is 304 g/mol. The number of halogens is 1. The highest BCUT2D eigenvalue weighted by atomic mass is 32.1. The Kier molecular flexibility index (Phi) is 3.63. The molecule has 3 rings (SSSR count). The summed E-state index contributed by atoms with van der Waals surface area (Å²) in [6, 6.07) is 6.58. The summed E-state index contributed by atoms with van der Waals surface area (Å²) in [4.78, 5) is 10.2. The van der Waals surface area contributed by atoms with Crippen LogP contribution in [0.25, 0.3) is 10.6 Å². The number of benzene rings is 1. The van der Waals surface area contributed by atoms with Gasteiger partial charge in [-0.2, -0.15) is 0 Å². The molecule has 102 valence electrons. The third kappa shape index (κ3) is 2.78. The summed E-state index contributed by atoms with van der Waals surface area (Å²) in [7, 11) is 0. The van der Waals surface area contributed by atoms with E-state index in [9.17, 15) is 4.39 Å². The fourth-order valence-electron chi connectivity index (χ4n) is 2.04. The lowest BCUT2D eigenvalue weighted by Crippen LogP contribution is -1.88. The van der Waals surface area contributed by atoms with Gasteiger partial charge in [0.15, 0.2) is 0 Å². The zero-order chi connectivity index (χ0) is 14.1. The molecule has 2 nitrogen and oxygen atoms in total. The van der Waals surface area contributed by atoms with E-state index in [4.69, 9.17) is 0 Å². The number of rotatable bonds is 3. The van der Waals surface area contributed by atoms with E-state index < -0.39 is 0 Å². The van der Waals surface area contributed by atoms with Gasteiger partial charge in [-0.05, 0) is 31.5 Å². The Morgan fingerprint density at radius 2 is 1.85 bits per heavy atom. The molecule has 0 N–H and O–H groups in total. The molecule has 0 bridgehead atoms. The molecule has 0 aliphatic heterocycles. The lowest BCUT2D eigenvalue weighted by Gasteiger charge is -1.97. The summed E-state index contributed by atoms with van der Waals surface area (Å²) >= 11 is 3.31. The van der Waals surface area contributed by atoms with Gasteiger partial charge in [0.05, 0.1) is 26.3 Å². The van der Waals surface area contributed by atoms with Crippen molar-refractivity contribution >= 4 is 22.7 Å². The standard InChI is InChI=1S/C15H13FN2S2/c1-9-15(20-10(2)17-9)13-8-19-14(18-13)7-11-3-5-12(16)6-4-11/h3-6,8H,7H2,1-2H3. The van der Waals surface area contributed by atoms with Gasteiger partial charge in [0, 0.05) is 11.8 Å². The van der Waals surface area contributed by atoms with Crippen LogP contribution in [0.1, 0.15) is 21.3 Å². The summed E-state index contributed by atoms with van der Waals surface area (Å²) in [5.74, 6) is -0.204. The molecule has 2 aromatic heterocycles. The number of thiazole rings is 2. The minimum Gasteiger partial charge on any atom is -0.246 e. The van der Waals surface area contributed by atoms with Crippen LogP contribution in [-0.4, -0.2) is 9.97 Å². The molecule has 1 aromatic carbocycles. The Balaban J connectivity index is 1.83. The van der Waals surface area contributed by atoms with Crippen molar-refractivity contribution in [3.05, 3.63) is 56.7 Å². The Hall–Kier alpha value is -1.59. The molecule has 0 fully saturated rings.